The Morgan fingerprint density at radius 1 is 1.04 bits per heavy atom. The molecule has 134 valence electrons. The molecular formula is C21H38O2. The van der Waals surface area contributed by atoms with E-state index < -0.39 is 0 Å². The number of hydrogen-bond acceptors (Lipinski definition) is 2. The number of ether oxygens (including phenoxy) is 1. The second kappa shape index (κ2) is 15.6. The van der Waals surface area contributed by atoms with E-state index in [0.29, 0.717) is 6.42 Å². The van der Waals surface area contributed by atoms with Gasteiger partial charge in [-0.2, -0.15) is 0 Å². The lowest BCUT2D eigenvalue weighted by molar-refractivity contribution is -0.107. The first-order valence-electron chi connectivity index (χ1n) is 9.14. The third kappa shape index (κ3) is 11.0. The van der Waals surface area contributed by atoms with Gasteiger partial charge >= 0.3 is 0 Å². The van der Waals surface area contributed by atoms with E-state index in [2.05, 4.69) is 39.8 Å². The molecule has 0 unspecified atom stereocenters. The molecule has 1 aliphatic rings. The van der Waals surface area contributed by atoms with Crippen molar-refractivity contribution in [3.63, 3.8) is 0 Å². The largest absolute Gasteiger partial charge is 0.496 e. The Kier molecular flexibility index (Phi) is 16.2. The van der Waals surface area contributed by atoms with Gasteiger partial charge in [-0.05, 0) is 55.4 Å². The van der Waals surface area contributed by atoms with E-state index in [9.17, 15) is 4.79 Å². The van der Waals surface area contributed by atoms with Crippen LogP contribution in [-0.4, -0.2) is 13.4 Å². The fourth-order valence-corrected chi connectivity index (χ4v) is 1.70. The summed E-state index contributed by atoms with van der Waals surface area (Å²) in [6.45, 7) is 14.5. The number of unbranched alkanes of at least 4 members (excludes halogenated alkanes) is 1. The van der Waals surface area contributed by atoms with Gasteiger partial charge in [0.25, 0.3) is 0 Å². The van der Waals surface area contributed by atoms with E-state index in [1.807, 2.05) is 20.8 Å². The Labute approximate surface area is 144 Å². The second-order valence-electron chi connectivity index (χ2n) is 5.53. The van der Waals surface area contributed by atoms with Gasteiger partial charge < -0.3 is 9.53 Å². The number of methoxy groups -OCH3 is 1. The van der Waals surface area contributed by atoms with Crippen molar-refractivity contribution in [2.24, 2.45) is 0 Å². The number of carbonyl (C=O) groups is 1. The number of benzene rings is 1. The summed E-state index contributed by atoms with van der Waals surface area (Å²) >= 11 is 0. The van der Waals surface area contributed by atoms with Crippen molar-refractivity contribution in [3.8, 4) is 5.75 Å². The number of aryl methyl sites for hydroxylation is 2. The molecule has 1 saturated carbocycles. The van der Waals surface area contributed by atoms with Crippen LogP contribution >= 0.6 is 0 Å². The first-order chi connectivity index (χ1) is 11.0. The van der Waals surface area contributed by atoms with Gasteiger partial charge in [-0.15, -0.1) is 0 Å². The summed E-state index contributed by atoms with van der Waals surface area (Å²) in [4.78, 5) is 9.17. The predicted molar refractivity (Wildman–Crippen MR) is 103 cm³/mol. The van der Waals surface area contributed by atoms with Crippen LogP contribution < -0.4 is 4.74 Å². The average Bonchev–Trinajstić information content (AvgIpc) is 3.44. The lowest BCUT2D eigenvalue weighted by atomic mass is 10.0. The molecule has 0 heterocycles. The van der Waals surface area contributed by atoms with Crippen LogP contribution in [0.4, 0.5) is 0 Å². The molecule has 0 atom stereocenters. The Morgan fingerprint density at radius 3 is 1.78 bits per heavy atom. The lowest BCUT2D eigenvalue weighted by Crippen LogP contribution is -1.93. The normalized spacial score (nSPS) is 11.7. The molecule has 1 aliphatic carbocycles. The molecule has 0 aromatic heterocycles. The van der Waals surface area contributed by atoms with E-state index in [0.717, 1.165) is 18.0 Å². The molecule has 2 heteroatoms. The highest BCUT2D eigenvalue weighted by atomic mass is 16.5. The van der Waals surface area contributed by atoms with E-state index in [-0.39, 0.29) is 0 Å². The zero-order chi connectivity index (χ0) is 18.3. The molecule has 1 fully saturated rings. The Morgan fingerprint density at radius 2 is 1.48 bits per heavy atom. The first-order valence-corrected chi connectivity index (χ1v) is 9.14. The van der Waals surface area contributed by atoms with Gasteiger partial charge in [0.2, 0.25) is 0 Å². The maximum atomic E-state index is 9.17. The Hall–Kier alpha value is -1.31. The maximum Gasteiger partial charge on any atom is 0.122 e. The van der Waals surface area contributed by atoms with Crippen LogP contribution in [0.5, 0.6) is 5.75 Å². The zero-order valence-corrected chi connectivity index (χ0v) is 16.7. The number of carbonyl (C=O) groups excluding carboxylic acids is 1. The molecular weight excluding hydrogens is 284 g/mol. The van der Waals surface area contributed by atoms with Crippen LogP contribution in [0.3, 0.4) is 0 Å². The van der Waals surface area contributed by atoms with Gasteiger partial charge in [0.15, 0.2) is 0 Å². The summed E-state index contributed by atoms with van der Waals surface area (Å²) in [5.41, 5.74) is 4.11. The van der Waals surface area contributed by atoms with Crippen molar-refractivity contribution in [1.29, 1.82) is 0 Å². The van der Waals surface area contributed by atoms with E-state index in [1.165, 1.54) is 42.4 Å². The van der Waals surface area contributed by atoms with Crippen molar-refractivity contribution in [2.45, 2.75) is 86.5 Å². The van der Waals surface area contributed by atoms with Crippen LogP contribution in [0.2, 0.25) is 0 Å². The fourth-order valence-electron chi connectivity index (χ4n) is 1.70. The smallest absolute Gasteiger partial charge is 0.122 e. The van der Waals surface area contributed by atoms with Gasteiger partial charge in [0, 0.05) is 6.42 Å². The van der Waals surface area contributed by atoms with Crippen LogP contribution in [0, 0.1) is 13.8 Å². The van der Waals surface area contributed by atoms with Crippen molar-refractivity contribution < 1.29 is 9.53 Å². The number of rotatable bonds is 4. The average molecular weight is 323 g/mol. The highest BCUT2D eigenvalue weighted by molar-refractivity contribution is 5.48. The second-order valence-corrected chi connectivity index (χ2v) is 5.53. The molecule has 0 aliphatic heterocycles. The van der Waals surface area contributed by atoms with Crippen molar-refractivity contribution in [2.75, 3.05) is 7.11 Å². The molecule has 0 amide bonds. The summed E-state index contributed by atoms with van der Waals surface area (Å²) in [6.07, 6.45) is 6.82. The number of aldehydes is 1. The highest BCUT2D eigenvalue weighted by Gasteiger charge is 2.26. The van der Waals surface area contributed by atoms with Crippen molar-refractivity contribution in [3.05, 3.63) is 28.8 Å². The van der Waals surface area contributed by atoms with Gasteiger partial charge in [0.05, 0.1) is 7.11 Å². The molecule has 2 nitrogen and oxygen atoms in total. The SMILES string of the molecule is CC.CCC=O.CCCC.COc1cc(C)c(C)cc1C1CC1. The van der Waals surface area contributed by atoms with E-state index >= 15 is 0 Å². The molecule has 2 rings (SSSR count). The number of hydrogen-bond donors (Lipinski definition) is 0. The van der Waals surface area contributed by atoms with Crippen LogP contribution in [-0.2, 0) is 4.79 Å². The third-order valence-corrected chi connectivity index (χ3v) is 3.53. The van der Waals surface area contributed by atoms with Crippen molar-refractivity contribution >= 4 is 6.29 Å². The summed E-state index contributed by atoms with van der Waals surface area (Å²) < 4.78 is 5.38. The molecule has 0 radical (unpaired) electrons. The molecule has 23 heavy (non-hydrogen) atoms. The topological polar surface area (TPSA) is 26.3 Å². The van der Waals surface area contributed by atoms with Gasteiger partial charge in [-0.1, -0.05) is 53.5 Å². The summed E-state index contributed by atoms with van der Waals surface area (Å²) in [5.74, 6) is 1.85. The molecule has 0 saturated heterocycles. The van der Waals surface area contributed by atoms with Crippen molar-refractivity contribution in [1.82, 2.24) is 0 Å². The van der Waals surface area contributed by atoms with Gasteiger partial charge in [-0.25, -0.2) is 0 Å². The molecule has 1 aromatic rings. The van der Waals surface area contributed by atoms with Gasteiger partial charge in [0.1, 0.15) is 12.0 Å². The highest BCUT2D eigenvalue weighted by Crippen LogP contribution is 2.44. The van der Waals surface area contributed by atoms with Gasteiger partial charge in [-0.3, -0.25) is 0 Å². The van der Waals surface area contributed by atoms with E-state index in [4.69, 9.17) is 4.74 Å². The van der Waals surface area contributed by atoms with Crippen LogP contribution in [0.15, 0.2) is 12.1 Å². The summed E-state index contributed by atoms with van der Waals surface area (Å²) in [7, 11) is 1.76. The minimum absolute atomic E-state index is 0.639. The van der Waals surface area contributed by atoms with E-state index in [1.54, 1.807) is 7.11 Å². The summed E-state index contributed by atoms with van der Waals surface area (Å²) in [5, 5.41) is 0. The van der Waals surface area contributed by atoms with Crippen LogP contribution in [0.1, 0.15) is 89.3 Å². The minimum Gasteiger partial charge on any atom is -0.496 e. The fraction of sp³-hybridized carbons (Fsp3) is 0.667. The predicted octanol–water partition coefficient (Wildman–Crippen LogP) is 6.62. The lowest BCUT2D eigenvalue weighted by Gasteiger charge is -2.10. The Bertz CT molecular complexity index is 405. The quantitative estimate of drug-likeness (QED) is 0.582. The molecule has 1 aromatic carbocycles. The standard InChI is InChI=1S/C12H16O.C4H10.C3H6O.C2H6/c1-8-6-11(10-4-5-10)12(13-3)7-9(8)2;1-3-4-2;1-2-3-4;1-2/h6-7,10H,4-5H2,1-3H3;3-4H2,1-2H3;3H,2H2,1H3;1-2H3. The Balaban J connectivity index is 0. The molecule has 0 N–H and O–H groups in total. The monoisotopic (exact) mass is 322 g/mol. The molecule has 0 bridgehead atoms. The minimum atomic E-state index is 0.639. The third-order valence-electron chi connectivity index (χ3n) is 3.53. The first kappa shape index (κ1) is 23.9. The maximum absolute atomic E-state index is 9.17. The summed E-state index contributed by atoms with van der Waals surface area (Å²) in [6, 6.07) is 4.44. The zero-order valence-electron chi connectivity index (χ0n) is 16.7. The molecule has 0 spiro atoms. The van der Waals surface area contributed by atoms with Crippen LogP contribution in [0.25, 0.3) is 0 Å².